The van der Waals surface area contributed by atoms with Gasteiger partial charge in [0, 0.05) is 6.42 Å². The first kappa shape index (κ1) is 7.23. The van der Waals surface area contributed by atoms with Crippen molar-refractivity contribution in [2.24, 2.45) is 5.73 Å². The van der Waals surface area contributed by atoms with E-state index >= 15 is 0 Å². The monoisotopic (exact) mass is 242 g/mol. The largest absolute Gasteiger partial charge is 0.371 e. The van der Waals surface area contributed by atoms with Crippen LogP contribution in [0.15, 0.2) is 0 Å². The molecule has 0 bridgehead atoms. The minimum absolute atomic E-state index is 0.101. The van der Waals surface area contributed by atoms with Crippen LogP contribution in [0.1, 0.15) is 6.42 Å². The van der Waals surface area contributed by atoms with Crippen molar-refractivity contribution in [1.29, 1.82) is 0 Å². The average Bonchev–Trinajstić information content (AvgIpc) is 1.98. The summed E-state index contributed by atoms with van der Waals surface area (Å²) in [7, 11) is 0. The zero-order valence-corrected chi connectivity index (χ0v) is 6.78. The van der Waals surface area contributed by atoms with Crippen molar-refractivity contribution in [3.05, 3.63) is 0 Å². The number of carbonyl (C=O) groups excluding carboxylic acids is 1. The zero-order chi connectivity index (χ0) is 7.02. The molecule has 1 aliphatic rings. The van der Waals surface area contributed by atoms with E-state index in [0.717, 1.165) is 0 Å². The highest BCUT2D eigenvalue weighted by Crippen LogP contribution is 2.19. The number of aliphatic hydroxyl groups is 1. The lowest BCUT2D eigenvalue weighted by atomic mass is 10.3. The number of halogens is 1. The quantitative estimate of drug-likeness (QED) is 0.432. The van der Waals surface area contributed by atoms with Crippen molar-refractivity contribution < 1.29 is 9.90 Å². The van der Waals surface area contributed by atoms with Crippen molar-refractivity contribution in [1.82, 2.24) is 3.11 Å². The molecular formula is C4H7IN2O2. The van der Waals surface area contributed by atoms with E-state index in [1.165, 1.54) is 3.11 Å². The van der Waals surface area contributed by atoms with Gasteiger partial charge in [-0.2, -0.15) is 0 Å². The van der Waals surface area contributed by atoms with E-state index in [1.807, 2.05) is 0 Å². The van der Waals surface area contributed by atoms with Crippen molar-refractivity contribution in [3.8, 4) is 0 Å². The number of aliphatic hydroxyl groups excluding tert-OH is 1. The first-order valence-electron chi connectivity index (χ1n) is 2.54. The van der Waals surface area contributed by atoms with Gasteiger partial charge in [-0.15, -0.1) is 0 Å². The summed E-state index contributed by atoms with van der Waals surface area (Å²) in [5, 5.41) is 9.01. The highest BCUT2D eigenvalue weighted by atomic mass is 127. The van der Waals surface area contributed by atoms with Gasteiger partial charge in [0.05, 0.1) is 28.9 Å². The molecule has 2 unspecified atom stereocenters. The minimum atomic E-state index is -0.793. The van der Waals surface area contributed by atoms with Gasteiger partial charge in [-0.3, -0.25) is 7.91 Å². The van der Waals surface area contributed by atoms with Crippen LogP contribution in [0.4, 0.5) is 0 Å². The number of hydrogen-bond donors (Lipinski definition) is 2. The topological polar surface area (TPSA) is 66.6 Å². The molecule has 5 heteroatoms. The van der Waals surface area contributed by atoms with Crippen LogP contribution in [-0.2, 0) is 4.79 Å². The van der Waals surface area contributed by atoms with Gasteiger partial charge in [-0.1, -0.05) is 0 Å². The van der Waals surface area contributed by atoms with E-state index in [0.29, 0.717) is 0 Å². The summed E-state index contributed by atoms with van der Waals surface area (Å²) in [6.45, 7) is 0. The fourth-order valence-corrected chi connectivity index (χ4v) is 1.32. The standard InChI is InChI=1S/C4H7IN2O2/c5-7-3(8)1-2(6)4(7)9/h2,4,9H,1,6H2. The summed E-state index contributed by atoms with van der Waals surface area (Å²) in [5.41, 5.74) is 5.34. The van der Waals surface area contributed by atoms with Gasteiger partial charge >= 0.3 is 0 Å². The molecule has 0 aromatic rings. The molecule has 4 nitrogen and oxygen atoms in total. The highest BCUT2D eigenvalue weighted by Gasteiger charge is 2.34. The van der Waals surface area contributed by atoms with Gasteiger partial charge in [-0.25, -0.2) is 0 Å². The number of hydrogen-bond acceptors (Lipinski definition) is 3. The maximum atomic E-state index is 10.7. The highest BCUT2D eigenvalue weighted by molar-refractivity contribution is 14.1. The van der Waals surface area contributed by atoms with Crippen LogP contribution in [0.3, 0.4) is 0 Å². The Hall–Kier alpha value is 0.120. The van der Waals surface area contributed by atoms with Crippen LogP contribution in [0.25, 0.3) is 0 Å². The summed E-state index contributed by atoms with van der Waals surface area (Å²) in [4.78, 5) is 10.7. The third-order valence-corrected chi connectivity index (χ3v) is 2.37. The number of nitrogens with zero attached hydrogens (tertiary/aromatic N) is 1. The predicted molar refractivity (Wildman–Crippen MR) is 39.5 cm³/mol. The number of carbonyl (C=O) groups is 1. The molecule has 9 heavy (non-hydrogen) atoms. The van der Waals surface area contributed by atoms with E-state index in [2.05, 4.69) is 0 Å². The van der Waals surface area contributed by atoms with E-state index in [9.17, 15) is 4.79 Å². The summed E-state index contributed by atoms with van der Waals surface area (Å²) < 4.78 is 1.22. The van der Waals surface area contributed by atoms with E-state index in [-0.39, 0.29) is 12.3 Å². The molecule has 1 rings (SSSR count). The summed E-state index contributed by atoms with van der Waals surface area (Å²) in [5.74, 6) is -0.101. The number of rotatable bonds is 0. The SMILES string of the molecule is NC1CC(=O)N(I)C1O. The lowest BCUT2D eigenvalue weighted by Crippen LogP contribution is -2.34. The molecule has 0 aromatic heterocycles. The molecule has 2 atom stereocenters. The Bertz CT molecular complexity index is 141. The second kappa shape index (κ2) is 2.39. The molecule has 1 fully saturated rings. The molecule has 52 valence electrons. The van der Waals surface area contributed by atoms with E-state index in [1.54, 1.807) is 22.9 Å². The molecule has 0 saturated carbocycles. The molecule has 0 spiro atoms. The Morgan fingerprint density at radius 1 is 1.89 bits per heavy atom. The van der Waals surface area contributed by atoms with Gasteiger partial charge in [0.15, 0.2) is 6.23 Å². The number of nitrogens with two attached hydrogens (primary N) is 1. The summed E-state index contributed by atoms with van der Waals surface area (Å²) in [6, 6.07) is -0.408. The fourth-order valence-electron chi connectivity index (χ4n) is 0.710. The van der Waals surface area contributed by atoms with Crippen molar-refractivity contribution >= 4 is 28.8 Å². The molecule has 3 N–H and O–H groups in total. The lowest BCUT2D eigenvalue weighted by molar-refractivity contribution is -0.124. The van der Waals surface area contributed by atoms with E-state index in [4.69, 9.17) is 10.8 Å². The molecular weight excluding hydrogens is 235 g/mol. The first-order valence-corrected chi connectivity index (χ1v) is 3.51. The molecule has 0 aliphatic carbocycles. The second-order valence-corrected chi connectivity index (χ2v) is 3.03. The Kier molecular flexibility index (Phi) is 1.92. The van der Waals surface area contributed by atoms with Crippen LogP contribution in [0.5, 0.6) is 0 Å². The van der Waals surface area contributed by atoms with Crippen LogP contribution in [-0.4, -0.2) is 26.4 Å². The van der Waals surface area contributed by atoms with Crippen molar-refractivity contribution in [2.75, 3.05) is 0 Å². The van der Waals surface area contributed by atoms with Gasteiger partial charge in [0.2, 0.25) is 5.91 Å². The molecule has 0 radical (unpaired) electrons. The molecule has 0 aromatic carbocycles. The molecule has 1 saturated heterocycles. The Morgan fingerprint density at radius 2 is 2.44 bits per heavy atom. The normalized spacial score (nSPS) is 35.9. The fraction of sp³-hybridized carbons (Fsp3) is 0.750. The van der Waals surface area contributed by atoms with Gasteiger partial charge in [0.25, 0.3) is 0 Å². The van der Waals surface area contributed by atoms with Crippen molar-refractivity contribution in [3.63, 3.8) is 0 Å². The Morgan fingerprint density at radius 3 is 2.56 bits per heavy atom. The molecule has 1 heterocycles. The predicted octanol–water partition coefficient (Wildman–Crippen LogP) is -0.786. The lowest BCUT2D eigenvalue weighted by Gasteiger charge is -2.12. The zero-order valence-electron chi connectivity index (χ0n) is 4.62. The molecule has 1 aliphatic heterocycles. The molecule has 1 amide bonds. The van der Waals surface area contributed by atoms with Crippen LogP contribution in [0.2, 0.25) is 0 Å². The van der Waals surface area contributed by atoms with Crippen molar-refractivity contribution in [2.45, 2.75) is 18.7 Å². The van der Waals surface area contributed by atoms with E-state index < -0.39 is 12.3 Å². The Balaban J connectivity index is 2.65. The third kappa shape index (κ3) is 1.17. The first-order chi connectivity index (χ1) is 4.13. The van der Waals surface area contributed by atoms with Crippen LogP contribution < -0.4 is 5.73 Å². The van der Waals surface area contributed by atoms with Gasteiger partial charge < -0.3 is 10.8 Å². The summed E-state index contributed by atoms with van der Waals surface area (Å²) >= 11 is 1.75. The van der Waals surface area contributed by atoms with Gasteiger partial charge in [0.1, 0.15) is 0 Å². The average molecular weight is 242 g/mol. The Labute approximate surface area is 66.5 Å². The third-order valence-electron chi connectivity index (χ3n) is 1.26. The second-order valence-electron chi connectivity index (χ2n) is 1.99. The smallest absolute Gasteiger partial charge is 0.235 e. The summed E-state index contributed by atoms with van der Waals surface area (Å²) in [6.07, 6.45) is -0.539. The van der Waals surface area contributed by atoms with Crippen LogP contribution in [0, 0.1) is 0 Å². The van der Waals surface area contributed by atoms with Crippen LogP contribution >= 0.6 is 22.9 Å². The maximum absolute atomic E-state index is 10.7. The number of amides is 1. The van der Waals surface area contributed by atoms with Gasteiger partial charge in [-0.05, 0) is 0 Å². The minimum Gasteiger partial charge on any atom is -0.371 e. The maximum Gasteiger partial charge on any atom is 0.235 e.